The van der Waals surface area contributed by atoms with Gasteiger partial charge in [0.1, 0.15) is 0 Å². The minimum atomic E-state index is -1.70. The molecule has 0 saturated heterocycles. The van der Waals surface area contributed by atoms with E-state index in [1.807, 2.05) is 6.07 Å². The molecule has 1 atom stereocenters. The van der Waals surface area contributed by atoms with Gasteiger partial charge in [-0.25, -0.2) is 4.79 Å². The highest BCUT2D eigenvalue weighted by atomic mass is 16.4. The number of carboxylic acid groups (broad SMARTS) is 1. The van der Waals surface area contributed by atoms with Crippen molar-refractivity contribution in [1.82, 2.24) is 0 Å². The molecule has 0 heterocycles. The van der Waals surface area contributed by atoms with Gasteiger partial charge in [-0.2, -0.15) is 5.26 Å². The molecular formula is C12H13NO3. The molecule has 1 aromatic carbocycles. The van der Waals surface area contributed by atoms with Gasteiger partial charge in [-0.1, -0.05) is 12.1 Å². The second kappa shape index (κ2) is 4.77. The number of hydrogen-bond acceptors (Lipinski definition) is 3. The first-order chi connectivity index (χ1) is 7.45. The molecule has 4 nitrogen and oxygen atoms in total. The molecular weight excluding hydrogens is 206 g/mol. The van der Waals surface area contributed by atoms with Crippen molar-refractivity contribution in [3.05, 3.63) is 35.4 Å². The second-order valence-corrected chi connectivity index (χ2v) is 3.89. The molecule has 84 valence electrons. The van der Waals surface area contributed by atoms with Crippen LogP contribution in [0.2, 0.25) is 0 Å². The number of aliphatic carboxylic acids is 1. The maximum atomic E-state index is 10.6. The first-order valence-corrected chi connectivity index (χ1v) is 4.90. The average molecular weight is 219 g/mol. The molecule has 0 fully saturated rings. The summed E-state index contributed by atoms with van der Waals surface area (Å²) in [7, 11) is 0. The van der Waals surface area contributed by atoms with Crippen LogP contribution in [0.4, 0.5) is 0 Å². The fourth-order valence-electron chi connectivity index (χ4n) is 1.24. The summed E-state index contributed by atoms with van der Waals surface area (Å²) < 4.78 is 0. The summed E-state index contributed by atoms with van der Waals surface area (Å²) in [5.41, 5.74) is -0.234. The molecule has 16 heavy (non-hydrogen) atoms. The van der Waals surface area contributed by atoms with Crippen molar-refractivity contribution in [1.29, 1.82) is 5.26 Å². The van der Waals surface area contributed by atoms with E-state index in [1.165, 1.54) is 6.92 Å². The smallest absolute Gasteiger partial charge is 0.335 e. The predicted molar refractivity (Wildman–Crippen MR) is 57.7 cm³/mol. The predicted octanol–water partition coefficient (Wildman–Crippen LogP) is 1.33. The molecule has 2 N–H and O–H groups in total. The Hall–Kier alpha value is -1.86. The summed E-state index contributed by atoms with van der Waals surface area (Å²) in [6, 6.07) is 8.86. The van der Waals surface area contributed by atoms with Crippen molar-refractivity contribution in [3.8, 4) is 6.07 Å². The van der Waals surface area contributed by atoms with Gasteiger partial charge >= 0.3 is 5.97 Å². The third-order valence-electron chi connectivity index (χ3n) is 2.44. The molecule has 4 heteroatoms. The van der Waals surface area contributed by atoms with Gasteiger partial charge in [0.05, 0.1) is 11.6 Å². The Balaban J connectivity index is 2.62. The van der Waals surface area contributed by atoms with Crippen molar-refractivity contribution in [2.45, 2.75) is 25.4 Å². The quantitative estimate of drug-likeness (QED) is 0.800. The zero-order valence-corrected chi connectivity index (χ0v) is 8.97. The number of rotatable bonds is 4. The van der Waals surface area contributed by atoms with Gasteiger partial charge in [-0.3, -0.25) is 0 Å². The molecule has 0 aliphatic heterocycles. The molecule has 1 unspecified atom stereocenters. The third kappa shape index (κ3) is 3.07. The van der Waals surface area contributed by atoms with Crippen LogP contribution >= 0.6 is 0 Å². The Morgan fingerprint density at radius 2 is 2.00 bits per heavy atom. The minimum absolute atomic E-state index is 0.147. The summed E-state index contributed by atoms with van der Waals surface area (Å²) >= 11 is 0. The molecule has 0 aromatic heterocycles. The highest BCUT2D eigenvalue weighted by Crippen LogP contribution is 2.14. The lowest BCUT2D eigenvalue weighted by Gasteiger charge is -2.17. The van der Waals surface area contributed by atoms with E-state index in [0.717, 1.165) is 5.56 Å². The van der Waals surface area contributed by atoms with E-state index in [-0.39, 0.29) is 6.42 Å². The van der Waals surface area contributed by atoms with Crippen molar-refractivity contribution in [3.63, 3.8) is 0 Å². The fraction of sp³-hybridized carbons (Fsp3) is 0.333. The van der Waals surface area contributed by atoms with E-state index in [0.29, 0.717) is 12.0 Å². The van der Waals surface area contributed by atoms with Crippen molar-refractivity contribution in [2.75, 3.05) is 0 Å². The van der Waals surface area contributed by atoms with Gasteiger partial charge in [-0.05, 0) is 37.5 Å². The summed E-state index contributed by atoms with van der Waals surface area (Å²) in [6.45, 7) is 1.28. The van der Waals surface area contributed by atoms with Crippen LogP contribution in [0.1, 0.15) is 24.5 Å². The Morgan fingerprint density at radius 3 is 2.44 bits per heavy atom. The zero-order valence-electron chi connectivity index (χ0n) is 8.97. The van der Waals surface area contributed by atoms with Gasteiger partial charge in [-0.15, -0.1) is 0 Å². The monoisotopic (exact) mass is 219 g/mol. The largest absolute Gasteiger partial charge is 0.479 e. The first kappa shape index (κ1) is 12.2. The zero-order chi connectivity index (χ0) is 12.2. The van der Waals surface area contributed by atoms with Crippen molar-refractivity contribution in [2.24, 2.45) is 0 Å². The van der Waals surface area contributed by atoms with Crippen LogP contribution in [0.5, 0.6) is 0 Å². The third-order valence-corrected chi connectivity index (χ3v) is 2.44. The Labute approximate surface area is 93.8 Å². The van der Waals surface area contributed by atoms with Crippen LogP contribution in [-0.2, 0) is 11.2 Å². The summed E-state index contributed by atoms with van der Waals surface area (Å²) in [4.78, 5) is 10.6. The minimum Gasteiger partial charge on any atom is -0.479 e. The number of nitrogens with zero attached hydrogens (tertiary/aromatic N) is 1. The number of carboxylic acids is 1. The molecule has 0 bridgehead atoms. The fourth-order valence-corrected chi connectivity index (χ4v) is 1.24. The molecule has 0 spiro atoms. The Morgan fingerprint density at radius 1 is 1.44 bits per heavy atom. The van der Waals surface area contributed by atoms with E-state index in [1.54, 1.807) is 24.3 Å². The maximum Gasteiger partial charge on any atom is 0.335 e. The molecule has 0 radical (unpaired) electrons. The average Bonchev–Trinajstić information content (AvgIpc) is 2.27. The van der Waals surface area contributed by atoms with Crippen molar-refractivity contribution >= 4 is 5.97 Å². The lowest BCUT2D eigenvalue weighted by atomic mass is 9.97. The normalized spacial score (nSPS) is 13.8. The standard InChI is InChI=1S/C12H13NO3/c1-12(16,11(14)15)7-6-9-2-4-10(8-13)5-3-9/h2-5,16H,6-7H2,1H3,(H,14,15). The van der Waals surface area contributed by atoms with Gasteiger partial charge in [0, 0.05) is 0 Å². The maximum absolute atomic E-state index is 10.6. The summed E-state index contributed by atoms with van der Waals surface area (Å²) in [5.74, 6) is -1.22. The van der Waals surface area contributed by atoms with Crippen LogP contribution in [0.15, 0.2) is 24.3 Å². The lowest BCUT2D eigenvalue weighted by Crippen LogP contribution is -2.35. The number of carbonyl (C=O) groups is 1. The summed E-state index contributed by atoms with van der Waals surface area (Å²) in [5, 5.41) is 26.8. The number of aliphatic hydroxyl groups is 1. The number of hydrogen-bond donors (Lipinski definition) is 2. The topological polar surface area (TPSA) is 81.3 Å². The number of benzene rings is 1. The highest BCUT2D eigenvalue weighted by Gasteiger charge is 2.28. The lowest BCUT2D eigenvalue weighted by molar-refractivity contribution is -0.157. The Bertz CT molecular complexity index is 415. The molecule has 0 aliphatic rings. The molecule has 1 rings (SSSR count). The molecule has 0 amide bonds. The summed E-state index contributed by atoms with van der Waals surface area (Å²) in [6.07, 6.45) is 0.610. The van der Waals surface area contributed by atoms with E-state index in [4.69, 9.17) is 10.4 Å². The molecule has 1 aromatic rings. The van der Waals surface area contributed by atoms with Gasteiger partial charge in [0.15, 0.2) is 5.60 Å². The number of aryl methyl sites for hydroxylation is 1. The van der Waals surface area contributed by atoms with Crippen LogP contribution in [0, 0.1) is 11.3 Å². The van der Waals surface area contributed by atoms with Gasteiger partial charge < -0.3 is 10.2 Å². The van der Waals surface area contributed by atoms with E-state index < -0.39 is 11.6 Å². The van der Waals surface area contributed by atoms with Gasteiger partial charge in [0.2, 0.25) is 0 Å². The Kier molecular flexibility index (Phi) is 3.64. The van der Waals surface area contributed by atoms with E-state index in [9.17, 15) is 9.90 Å². The van der Waals surface area contributed by atoms with Crippen LogP contribution in [0.3, 0.4) is 0 Å². The van der Waals surface area contributed by atoms with Crippen molar-refractivity contribution < 1.29 is 15.0 Å². The first-order valence-electron chi connectivity index (χ1n) is 4.90. The van der Waals surface area contributed by atoms with Crippen LogP contribution < -0.4 is 0 Å². The highest BCUT2D eigenvalue weighted by molar-refractivity contribution is 5.76. The molecule has 0 saturated carbocycles. The van der Waals surface area contributed by atoms with Gasteiger partial charge in [0.25, 0.3) is 0 Å². The second-order valence-electron chi connectivity index (χ2n) is 3.89. The SMILES string of the molecule is CC(O)(CCc1ccc(C#N)cc1)C(=O)O. The number of nitriles is 1. The van der Waals surface area contributed by atoms with E-state index >= 15 is 0 Å². The van der Waals surface area contributed by atoms with Crippen LogP contribution in [0.25, 0.3) is 0 Å². The molecule has 0 aliphatic carbocycles. The van der Waals surface area contributed by atoms with E-state index in [2.05, 4.69) is 0 Å². The van der Waals surface area contributed by atoms with Crippen LogP contribution in [-0.4, -0.2) is 21.8 Å².